The molecule has 0 aliphatic carbocycles. The highest BCUT2D eigenvalue weighted by Gasteiger charge is 2.16. The normalized spacial score (nSPS) is 17.2. The van der Waals surface area contributed by atoms with Crippen LogP contribution in [0.4, 0.5) is 0 Å². The van der Waals surface area contributed by atoms with Crippen molar-refractivity contribution in [3.8, 4) is 0 Å². The molecule has 1 aliphatic rings. The van der Waals surface area contributed by atoms with Gasteiger partial charge in [0.2, 0.25) is 0 Å². The lowest BCUT2D eigenvalue weighted by molar-refractivity contribution is 0.149. The molecule has 72 valence electrons. The Bertz CT molecular complexity index is 221. The standard InChI is InChI=1S/C6H7N.C5H11N/c1-6-3-2-4-7-5-6;1-5-3-6(2)4-5/h2-5H,1H3;5H,3-4H2,1-2H3. The number of nitrogens with zero attached hydrogens (tertiary/aromatic N) is 2. The van der Waals surface area contributed by atoms with Gasteiger partial charge in [-0.1, -0.05) is 13.0 Å². The van der Waals surface area contributed by atoms with Gasteiger partial charge in [0.1, 0.15) is 0 Å². The number of pyridine rings is 1. The zero-order valence-electron chi connectivity index (χ0n) is 8.70. The Morgan fingerprint density at radius 3 is 2.31 bits per heavy atom. The predicted molar refractivity (Wildman–Crippen MR) is 55.6 cm³/mol. The van der Waals surface area contributed by atoms with Crippen molar-refractivity contribution in [1.82, 2.24) is 9.88 Å². The zero-order valence-corrected chi connectivity index (χ0v) is 8.70. The molecular weight excluding hydrogens is 160 g/mol. The Morgan fingerprint density at radius 2 is 2.15 bits per heavy atom. The van der Waals surface area contributed by atoms with Crippen molar-refractivity contribution in [1.29, 1.82) is 0 Å². The number of likely N-dealkylation sites (tertiary alicyclic amines) is 1. The van der Waals surface area contributed by atoms with Gasteiger partial charge in [-0.15, -0.1) is 0 Å². The van der Waals surface area contributed by atoms with E-state index in [0.29, 0.717) is 0 Å². The van der Waals surface area contributed by atoms with E-state index in [0.717, 1.165) is 5.92 Å². The summed E-state index contributed by atoms with van der Waals surface area (Å²) in [6.07, 6.45) is 3.60. The first-order valence-electron chi connectivity index (χ1n) is 4.73. The number of rotatable bonds is 0. The number of hydrogen-bond donors (Lipinski definition) is 0. The molecule has 1 saturated heterocycles. The van der Waals surface area contributed by atoms with Gasteiger partial charge >= 0.3 is 0 Å². The topological polar surface area (TPSA) is 16.1 Å². The van der Waals surface area contributed by atoms with E-state index >= 15 is 0 Å². The van der Waals surface area contributed by atoms with Gasteiger partial charge in [-0.05, 0) is 31.5 Å². The molecule has 2 heteroatoms. The van der Waals surface area contributed by atoms with Crippen LogP contribution < -0.4 is 0 Å². The molecule has 1 fully saturated rings. The second-order valence-electron chi connectivity index (χ2n) is 3.86. The molecule has 0 saturated carbocycles. The summed E-state index contributed by atoms with van der Waals surface area (Å²) in [5.74, 6) is 0.968. The Labute approximate surface area is 80.6 Å². The zero-order chi connectivity index (χ0) is 9.68. The Kier molecular flexibility index (Phi) is 3.90. The van der Waals surface area contributed by atoms with Crippen LogP contribution in [0.25, 0.3) is 0 Å². The van der Waals surface area contributed by atoms with E-state index in [-0.39, 0.29) is 0 Å². The van der Waals surface area contributed by atoms with Crippen LogP contribution in [0.1, 0.15) is 12.5 Å². The molecule has 0 atom stereocenters. The van der Waals surface area contributed by atoms with Crippen LogP contribution in [0.2, 0.25) is 0 Å². The van der Waals surface area contributed by atoms with E-state index in [1.807, 2.05) is 25.3 Å². The maximum absolute atomic E-state index is 3.88. The molecule has 1 aromatic heterocycles. The largest absolute Gasteiger partial charge is 0.306 e. The lowest BCUT2D eigenvalue weighted by Crippen LogP contribution is -2.41. The smallest absolute Gasteiger partial charge is 0.0297 e. The van der Waals surface area contributed by atoms with E-state index in [4.69, 9.17) is 0 Å². The third-order valence-corrected chi connectivity index (χ3v) is 2.06. The van der Waals surface area contributed by atoms with Crippen molar-refractivity contribution in [2.75, 3.05) is 20.1 Å². The predicted octanol–water partition coefficient (Wildman–Crippen LogP) is 1.96. The molecule has 0 N–H and O–H groups in total. The molecule has 2 heterocycles. The molecule has 1 aromatic rings. The molecule has 0 radical (unpaired) electrons. The van der Waals surface area contributed by atoms with Crippen molar-refractivity contribution in [2.45, 2.75) is 13.8 Å². The fourth-order valence-corrected chi connectivity index (χ4v) is 1.46. The van der Waals surface area contributed by atoms with Gasteiger partial charge in [0.05, 0.1) is 0 Å². The third-order valence-electron chi connectivity index (χ3n) is 2.06. The average Bonchev–Trinajstić information content (AvgIpc) is 2.05. The average molecular weight is 178 g/mol. The highest BCUT2D eigenvalue weighted by Crippen LogP contribution is 2.09. The fraction of sp³-hybridized carbons (Fsp3) is 0.545. The quantitative estimate of drug-likeness (QED) is 0.603. The lowest BCUT2D eigenvalue weighted by Gasteiger charge is -2.33. The van der Waals surface area contributed by atoms with Crippen LogP contribution in [-0.2, 0) is 0 Å². The second kappa shape index (κ2) is 4.97. The van der Waals surface area contributed by atoms with Crippen molar-refractivity contribution in [2.24, 2.45) is 5.92 Å². The molecule has 0 bridgehead atoms. The Hall–Kier alpha value is -0.890. The van der Waals surface area contributed by atoms with Crippen LogP contribution >= 0.6 is 0 Å². The highest BCUT2D eigenvalue weighted by molar-refractivity contribution is 5.04. The van der Waals surface area contributed by atoms with Crippen LogP contribution in [0.3, 0.4) is 0 Å². The summed E-state index contributed by atoms with van der Waals surface area (Å²) in [5.41, 5.74) is 1.21. The van der Waals surface area contributed by atoms with Gasteiger partial charge in [0.25, 0.3) is 0 Å². The Balaban J connectivity index is 0.000000132. The van der Waals surface area contributed by atoms with Gasteiger partial charge in [0.15, 0.2) is 0 Å². The molecule has 0 amide bonds. The van der Waals surface area contributed by atoms with Crippen LogP contribution in [0.15, 0.2) is 24.5 Å². The van der Waals surface area contributed by atoms with Gasteiger partial charge < -0.3 is 4.90 Å². The monoisotopic (exact) mass is 178 g/mol. The van der Waals surface area contributed by atoms with Gasteiger partial charge in [-0.3, -0.25) is 4.98 Å². The second-order valence-corrected chi connectivity index (χ2v) is 3.86. The van der Waals surface area contributed by atoms with Gasteiger partial charge in [0, 0.05) is 25.5 Å². The van der Waals surface area contributed by atoms with Crippen LogP contribution in [0.5, 0.6) is 0 Å². The first-order chi connectivity index (χ1) is 6.18. The van der Waals surface area contributed by atoms with E-state index in [1.54, 1.807) is 6.20 Å². The van der Waals surface area contributed by atoms with Gasteiger partial charge in [-0.2, -0.15) is 0 Å². The molecule has 0 unspecified atom stereocenters. The molecule has 1 aliphatic heterocycles. The molecule has 2 nitrogen and oxygen atoms in total. The summed E-state index contributed by atoms with van der Waals surface area (Å²) >= 11 is 0. The molecule has 0 spiro atoms. The van der Waals surface area contributed by atoms with E-state index in [9.17, 15) is 0 Å². The molecular formula is C11H18N2. The van der Waals surface area contributed by atoms with Crippen molar-refractivity contribution in [3.05, 3.63) is 30.1 Å². The van der Waals surface area contributed by atoms with Crippen molar-refractivity contribution >= 4 is 0 Å². The minimum absolute atomic E-state index is 0.968. The summed E-state index contributed by atoms with van der Waals surface area (Å²) in [4.78, 5) is 6.21. The fourth-order valence-electron chi connectivity index (χ4n) is 1.46. The summed E-state index contributed by atoms with van der Waals surface area (Å²) < 4.78 is 0. The molecule has 0 aromatic carbocycles. The van der Waals surface area contributed by atoms with Crippen LogP contribution in [-0.4, -0.2) is 30.0 Å². The van der Waals surface area contributed by atoms with E-state index < -0.39 is 0 Å². The summed E-state index contributed by atoms with van der Waals surface area (Å²) in [6.45, 7) is 6.91. The van der Waals surface area contributed by atoms with E-state index in [1.165, 1.54) is 18.7 Å². The van der Waals surface area contributed by atoms with Crippen molar-refractivity contribution < 1.29 is 0 Å². The SMILES string of the molecule is CC1CN(C)C1.Cc1cccnc1. The number of hydrogen-bond acceptors (Lipinski definition) is 2. The highest BCUT2D eigenvalue weighted by atomic mass is 15.2. The number of aromatic nitrogens is 1. The molecule has 13 heavy (non-hydrogen) atoms. The minimum atomic E-state index is 0.968. The maximum atomic E-state index is 3.88. The minimum Gasteiger partial charge on any atom is -0.306 e. The maximum Gasteiger partial charge on any atom is 0.0297 e. The van der Waals surface area contributed by atoms with Crippen molar-refractivity contribution in [3.63, 3.8) is 0 Å². The first kappa shape index (κ1) is 10.2. The lowest BCUT2D eigenvalue weighted by atomic mass is 10.1. The molecule has 2 rings (SSSR count). The summed E-state index contributed by atoms with van der Waals surface area (Å²) in [5, 5.41) is 0. The van der Waals surface area contributed by atoms with E-state index in [2.05, 4.69) is 23.9 Å². The Morgan fingerprint density at radius 1 is 1.46 bits per heavy atom. The summed E-state index contributed by atoms with van der Waals surface area (Å²) in [7, 11) is 2.15. The van der Waals surface area contributed by atoms with Crippen LogP contribution in [0, 0.1) is 12.8 Å². The number of aryl methyl sites for hydroxylation is 1. The van der Waals surface area contributed by atoms with Gasteiger partial charge in [-0.25, -0.2) is 0 Å². The first-order valence-corrected chi connectivity index (χ1v) is 4.73. The third kappa shape index (κ3) is 4.04. The summed E-state index contributed by atoms with van der Waals surface area (Å²) in [6, 6.07) is 3.95.